The molecule has 4 aromatic rings. The zero-order valence-electron chi connectivity index (χ0n) is 22.8. The summed E-state index contributed by atoms with van der Waals surface area (Å²) in [5.41, 5.74) is 5.84. The molecule has 1 heterocycles. The number of sulfonamides is 1. The van der Waals surface area contributed by atoms with Gasteiger partial charge in [0.1, 0.15) is 18.0 Å². The monoisotopic (exact) mass is 614 g/mol. The van der Waals surface area contributed by atoms with Gasteiger partial charge in [0.25, 0.3) is 15.9 Å². The van der Waals surface area contributed by atoms with Gasteiger partial charge in [0.15, 0.2) is 0 Å². The summed E-state index contributed by atoms with van der Waals surface area (Å²) in [4.78, 5) is 13.1. The molecule has 1 N–H and O–H groups in total. The Morgan fingerprint density at radius 1 is 0.976 bits per heavy atom. The van der Waals surface area contributed by atoms with E-state index in [2.05, 4.69) is 10.5 Å². The maximum absolute atomic E-state index is 13.7. The molecule has 1 amide bonds. The number of nitrogens with zero attached hydrogens (tertiary/aromatic N) is 3. The molecular formula is C29H28Cl2N4O5S. The fraction of sp³-hybridized carbons (Fsp3) is 0.172. The summed E-state index contributed by atoms with van der Waals surface area (Å²) in [6.07, 6.45) is 1.49. The Morgan fingerprint density at radius 2 is 1.66 bits per heavy atom. The van der Waals surface area contributed by atoms with Crippen LogP contribution in [0.25, 0.3) is 5.69 Å². The third-order valence-electron chi connectivity index (χ3n) is 6.24. The summed E-state index contributed by atoms with van der Waals surface area (Å²) < 4.78 is 41.0. The van der Waals surface area contributed by atoms with E-state index in [-0.39, 0.29) is 16.3 Å². The van der Waals surface area contributed by atoms with Gasteiger partial charge in [-0.3, -0.25) is 9.10 Å². The Morgan fingerprint density at radius 3 is 2.29 bits per heavy atom. The number of nitrogens with one attached hydrogen (secondary N) is 1. The van der Waals surface area contributed by atoms with Gasteiger partial charge in [-0.15, -0.1) is 0 Å². The number of carbonyl (C=O) groups excluding carboxylic acids is 1. The number of aryl methyl sites for hydroxylation is 1. The minimum Gasteiger partial charge on any atom is -0.497 e. The summed E-state index contributed by atoms with van der Waals surface area (Å²) >= 11 is 12.4. The minimum absolute atomic E-state index is 0.00901. The smallest absolute Gasteiger partial charge is 0.264 e. The maximum atomic E-state index is 13.7. The third kappa shape index (κ3) is 6.67. The molecule has 0 aliphatic rings. The second-order valence-corrected chi connectivity index (χ2v) is 11.7. The zero-order chi connectivity index (χ0) is 29.7. The topological polar surface area (TPSA) is 102 Å². The van der Waals surface area contributed by atoms with E-state index in [0.717, 1.165) is 26.9 Å². The van der Waals surface area contributed by atoms with Crippen LogP contribution in [0.1, 0.15) is 17.0 Å². The molecule has 3 aromatic carbocycles. The van der Waals surface area contributed by atoms with Crippen LogP contribution in [0.3, 0.4) is 0 Å². The molecule has 0 atom stereocenters. The van der Waals surface area contributed by atoms with E-state index in [4.69, 9.17) is 32.7 Å². The van der Waals surface area contributed by atoms with Crippen molar-refractivity contribution in [3.63, 3.8) is 0 Å². The molecule has 0 saturated heterocycles. The van der Waals surface area contributed by atoms with Gasteiger partial charge in [0.05, 0.1) is 31.0 Å². The number of rotatable bonds is 10. The molecule has 4 rings (SSSR count). The lowest BCUT2D eigenvalue weighted by atomic mass is 10.2. The molecule has 0 spiro atoms. The quantitative estimate of drug-likeness (QED) is 0.181. The van der Waals surface area contributed by atoms with Gasteiger partial charge in [0, 0.05) is 38.8 Å². The molecule has 0 bridgehead atoms. The lowest BCUT2D eigenvalue weighted by Crippen LogP contribution is -2.39. The summed E-state index contributed by atoms with van der Waals surface area (Å²) in [6.45, 7) is 3.25. The highest BCUT2D eigenvalue weighted by atomic mass is 35.5. The largest absolute Gasteiger partial charge is 0.497 e. The van der Waals surface area contributed by atoms with E-state index in [1.807, 2.05) is 24.5 Å². The number of carbonyl (C=O) groups is 1. The lowest BCUT2D eigenvalue weighted by Gasteiger charge is -2.25. The molecule has 0 aliphatic heterocycles. The second-order valence-electron chi connectivity index (χ2n) is 8.95. The molecule has 0 unspecified atom stereocenters. The Bertz CT molecular complexity index is 1690. The standard InChI is InChI=1S/C29H28Cl2N4O5S/c1-19-12-21(20(2)35(19)24-14-22(30)13-23(31)15-24)17-32-33-29(36)18-34(41(37,38)26-8-6-5-7-9-26)27-16-25(39-3)10-11-28(27)40-4/h5-17H,18H2,1-4H3,(H,33,36)/b32-17+. The molecule has 41 heavy (non-hydrogen) atoms. The summed E-state index contributed by atoms with van der Waals surface area (Å²) in [5, 5.41) is 5.11. The van der Waals surface area contributed by atoms with E-state index in [9.17, 15) is 13.2 Å². The summed E-state index contributed by atoms with van der Waals surface area (Å²) in [5.74, 6) is -0.0277. The normalized spacial score (nSPS) is 11.5. The van der Waals surface area contributed by atoms with Gasteiger partial charge in [-0.25, -0.2) is 13.8 Å². The number of ether oxygens (including phenoxy) is 2. The second kappa shape index (κ2) is 12.7. The van der Waals surface area contributed by atoms with Crippen LogP contribution in [0, 0.1) is 13.8 Å². The van der Waals surface area contributed by atoms with Crippen molar-refractivity contribution in [3.8, 4) is 17.2 Å². The van der Waals surface area contributed by atoms with Gasteiger partial charge in [0.2, 0.25) is 0 Å². The molecular weight excluding hydrogens is 587 g/mol. The highest BCUT2D eigenvalue weighted by molar-refractivity contribution is 7.92. The van der Waals surface area contributed by atoms with Gasteiger partial charge >= 0.3 is 0 Å². The van der Waals surface area contributed by atoms with Crippen LogP contribution in [0.5, 0.6) is 11.5 Å². The fourth-order valence-electron chi connectivity index (χ4n) is 4.33. The molecule has 0 fully saturated rings. The molecule has 12 heteroatoms. The SMILES string of the molecule is COc1ccc(OC)c(N(CC(=O)N/N=C/c2cc(C)n(-c3cc(Cl)cc(Cl)c3)c2C)S(=O)(=O)c2ccccc2)c1. The van der Waals surface area contributed by atoms with Crippen LogP contribution in [0.15, 0.2) is 82.8 Å². The van der Waals surface area contributed by atoms with Crippen LogP contribution in [-0.4, -0.2) is 45.9 Å². The molecule has 9 nitrogen and oxygen atoms in total. The minimum atomic E-state index is -4.17. The molecule has 0 aliphatic carbocycles. The van der Waals surface area contributed by atoms with Crippen LogP contribution in [0.2, 0.25) is 10.0 Å². The number of hydrazone groups is 1. The Kier molecular flexibility index (Phi) is 9.27. The first-order valence-corrected chi connectivity index (χ1v) is 14.5. The molecule has 0 radical (unpaired) electrons. The van der Waals surface area contributed by atoms with E-state index in [1.54, 1.807) is 48.5 Å². The zero-order valence-corrected chi connectivity index (χ0v) is 25.1. The first kappa shape index (κ1) is 30.0. The molecule has 0 saturated carbocycles. The first-order valence-electron chi connectivity index (χ1n) is 12.3. The van der Waals surface area contributed by atoms with Gasteiger partial charge in [-0.05, 0) is 62.4 Å². The number of aromatic nitrogens is 1. The van der Waals surface area contributed by atoms with Crippen molar-refractivity contribution in [3.05, 3.63) is 99.8 Å². The molecule has 1 aromatic heterocycles. The Hall–Kier alpha value is -3.99. The van der Waals surface area contributed by atoms with Crippen molar-refractivity contribution < 1.29 is 22.7 Å². The number of hydrogen-bond acceptors (Lipinski definition) is 6. The highest BCUT2D eigenvalue weighted by Crippen LogP contribution is 2.35. The van der Waals surface area contributed by atoms with Gasteiger partial charge < -0.3 is 14.0 Å². The average molecular weight is 616 g/mol. The number of hydrogen-bond donors (Lipinski definition) is 1. The van der Waals surface area contributed by atoms with Crippen molar-refractivity contribution in [2.75, 3.05) is 25.1 Å². The number of anilines is 1. The predicted molar refractivity (Wildman–Crippen MR) is 162 cm³/mol. The van der Waals surface area contributed by atoms with Crippen molar-refractivity contribution in [2.24, 2.45) is 5.10 Å². The fourth-order valence-corrected chi connectivity index (χ4v) is 6.29. The maximum Gasteiger partial charge on any atom is 0.264 e. The first-order chi connectivity index (χ1) is 19.5. The summed E-state index contributed by atoms with van der Waals surface area (Å²) in [6, 6.07) is 19.7. The predicted octanol–water partition coefficient (Wildman–Crippen LogP) is 5.76. The Balaban J connectivity index is 1.61. The van der Waals surface area contributed by atoms with Crippen LogP contribution in [0.4, 0.5) is 5.69 Å². The van der Waals surface area contributed by atoms with Crippen LogP contribution < -0.4 is 19.2 Å². The van der Waals surface area contributed by atoms with E-state index >= 15 is 0 Å². The number of benzene rings is 3. The number of halogens is 2. The van der Waals surface area contributed by atoms with Crippen LogP contribution >= 0.6 is 23.2 Å². The number of methoxy groups -OCH3 is 2. The van der Waals surface area contributed by atoms with Crippen molar-refractivity contribution in [1.29, 1.82) is 0 Å². The van der Waals surface area contributed by atoms with E-state index in [0.29, 0.717) is 15.8 Å². The van der Waals surface area contributed by atoms with E-state index in [1.165, 1.54) is 38.6 Å². The van der Waals surface area contributed by atoms with Gasteiger partial charge in [-0.1, -0.05) is 41.4 Å². The summed E-state index contributed by atoms with van der Waals surface area (Å²) in [7, 11) is -1.30. The van der Waals surface area contributed by atoms with Crippen molar-refractivity contribution in [2.45, 2.75) is 18.7 Å². The van der Waals surface area contributed by atoms with Gasteiger partial charge in [-0.2, -0.15) is 5.10 Å². The van der Waals surface area contributed by atoms with Crippen molar-refractivity contribution >= 4 is 51.0 Å². The van der Waals surface area contributed by atoms with Crippen molar-refractivity contribution in [1.82, 2.24) is 9.99 Å². The lowest BCUT2D eigenvalue weighted by molar-refractivity contribution is -0.119. The molecule has 214 valence electrons. The van der Waals surface area contributed by atoms with E-state index < -0.39 is 22.5 Å². The van der Waals surface area contributed by atoms with Crippen LogP contribution in [-0.2, 0) is 14.8 Å². The Labute approximate surface area is 249 Å². The highest BCUT2D eigenvalue weighted by Gasteiger charge is 2.30. The third-order valence-corrected chi connectivity index (χ3v) is 8.45. The number of amides is 1. The average Bonchev–Trinajstić information content (AvgIpc) is 3.23.